The van der Waals surface area contributed by atoms with Gasteiger partial charge in [-0.2, -0.15) is 0 Å². The molecule has 33 heavy (non-hydrogen) atoms. The molecular weight excluding hydrogens is 435 g/mol. The predicted octanol–water partition coefficient (Wildman–Crippen LogP) is 6.47. The number of fused-ring (bicyclic) bond motifs is 4. The molecule has 0 amide bonds. The van der Waals surface area contributed by atoms with Gasteiger partial charge in [-0.15, -0.1) is 0 Å². The minimum Gasteiger partial charge on any atom is -0.0911 e. The van der Waals surface area contributed by atoms with Gasteiger partial charge < -0.3 is 0 Å². The first-order valence-electron chi connectivity index (χ1n) is 11.2. The molecular formula is C30H19BS2. The molecule has 0 bridgehead atoms. The second-order valence-electron chi connectivity index (χ2n) is 8.54. The number of rotatable bonds is 2. The van der Waals surface area contributed by atoms with Gasteiger partial charge in [-0.05, 0) is 52.0 Å². The lowest BCUT2D eigenvalue weighted by molar-refractivity contribution is 1.33. The highest BCUT2D eigenvalue weighted by molar-refractivity contribution is 8.01. The van der Waals surface area contributed by atoms with Crippen molar-refractivity contribution in [1.82, 2.24) is 0 Å². The van der Waals surface area contributed by atoms with Crippen molar-refractivity contribution in [3.63, 3.8) is 0 Å². The van der Waals surface area contributed by atoms with E-state index in [0.29, 0.717) is 0 Å². The zero-order valence-electron chi connectivity index (χ0n) is 17.9. The zero-order valence-corrected chi connectivity index (χ0v) is 19.5. The van der Waals surface area contributed by atoms with Gasteiger partial charge in [0.25, 0.3) is 0 Å². The van der Waals surface area contributed by atoms with Crippen LogP contribution in [0.3, 0.4) is 0 Å². The van der Waals surface area contributed by atoms with Crippen molar-refractivity contribution in [2.45, 2.75) is 19.6 Å². The minimum atomic E-state index is 0.260. The maximum atomic E-state index is 2.43. The Hall–Kier alpha value is -3.14. The molecule has 0 aromatic heterocycles. The fourth-order valence-corrected chi connectivity index (χ4v) is 7.42. The maximum absolute atomic E-state index is 2.43. The fraction of sp³-hybridized carbons (Fsp3) is 0. The summed E-state index contributed by atoms with van der Waals surface area (Å²) in [5.41, 5.74) is 9.44. The summed E-state index contributed by atoms with van der Waals surface area (Å²) in [6, 6.07) is 42.3. The Bertz CT molecular complexity index is 1400. The molecule has 0 aliphatic carbocycles. The SMILES string of the molecule is c1ccc(-c2ccc3c(c2)B2c4cc(-c5ccccc5)ccc4Sc4cccc(c42)S3)cc1. The summed E-state index contributed by atoms with van der Waals surface area (Å²) in [5.74, 6) is 0. The van der Waals surface area contributed by atoms with Gasteiger partial charge in [-0.3, -0.25) is 0 Å². The third-order valence-corrected chi connectivity index (χ3v) is 8.95. The van der Waals surface area contributed by atoms with E-state index in [2.05, 4.69) is 115 Å². The van der Waals surface area contributed by atoms with E-state index >= 15 is 0 Å². The second-order valence-corrected chi connectivity index (χ2v) is 10.7. The lowest BCUT2D eigenvalue weighted by Gasteiger charge is -2.33. The molecule has 0 spiro atoms. The summed E-state index contributed by atoms with van der Waals surface area (Å²) in [4.78, 5) is 5.51. The second kappa shape index (κ2) is 7.72. The molecule has 0 unspecified atom stereocenters. The molecule has 5 aromatic rings. The van der Waals surface area contributed by atoms with Crippen LogP contribution in [0.25, 0.3) is 22.3 Å². The molecule has 5 aromatic carbocycles. The Morgan fingerprint density at radius 3 is 1.36 bits per heavy atom. The van der Waals surface area contributed by atoms with Crippen molar-refractivity contribution in [3.05, 3.63) is 115 Å². The van der Waals surface area contributed by atoms with E-state index in [4.69, 9.17) is 0 Å². The highest BCUT2D eigenvalue weighted by Crippen LogP contribution is 2.39. The van der Waals surface area contributed by atoms with E-state index in [9.17, 15) is 0 Å². The first-order valence-corrected chi connectivity index (χ1v) is 12.9. The van der Waals surface area contributed by atoms with E-state index in [-0.39, 0.29) is 6.71 Å². The lowest BCUT2D eigenvalue weighted by atomic mass is 9.36. The normalized spacial score (nSPS) is 13.2. The Morgan fingerprint density at radius 1 is 0.394 bits per heavy atom. The summed E-state index contributed by atoms with van der Waals surface area (Å²) >= 11 is 3.83. The summed E-state index contributed by atoms with van der Waals surface area (Å²) in [5, 5.41) is 0. The predicted molar refractivity (Wildman–Crippen MR) is 143 cm³/mol. The molecule has 0 nitrogen and oxygen atoms in total. The summed E-state index contributed by atoms with van der Waals surface area (Å²) in [6.07, 6.45) is 0. The van der Waals surface area contributed by atoms with E-state index in [1.54, 1.807) is 0 Å². The van der Waals surface area contributed by atoms with Crippen LogP contribution in [0.1, 0.15) is 0 Å². The Balaban J connectivity index is 1.46. The number of benzene rings is 5. The number of hydrogen-bond donors (Lipinski definition) is 0. The molecule has 0 saturated carbocycles. The Morgan fingerprint density at radius 2 is 0.879 bits per heavy atom. The monoisotopic (exact) mass is 454 g/mol. The van der Waals surface area contributed by atoms with Gasteiger partial charge in [0.1, 0.15) is 0 Å². The van der Waals surface area contributed by atoms with Gasteiger partial charge in [-0.1, -0.05) is 125 Å². The Kier molecular flexibility index (Phi) is 4.53. The van der Waals surface area contributed by atoms with Gasteiger partial charge in [0, 0.05) is 19.6 Å². The van der Waals surface area contributed by atoms with Crippen molar-refractivity contribution < 1.29 is 0 Å². The van der Waals surface area contributed by atoms with Crippen LogP contribution < -0.4 is 16.4 Å². The molecule has 0 N–H and O–H groups in total. The van der Waals surface area contributed by atoms with Crippen LogP contribution in [0.4, 0.5) is 0 Å². The van der Waals surface area contributed by atoms with Crippen LogP contribution in [0.5, 0.6) is 0 Å². The first kappa shape index (κ1) is 19.3. The van der Waals surface area contributed by atoms with Gasteiger partial charge in [0.15, 0.2) is 0 Å². The molecule has 2 heterocycles. The summed E-state index contributed by atoms with van der Waals surface area (Å²) < 4.78 is 0. The zero-order chi connectivity index (χ0) is 21.8. The maximum Gasteiger partial charge on any atom is 0.247 e. The first-order chi connectivity index (χ1) is 16.3. The molecule has 3 heteroatoms. The van der Waals surface area contributed by atoms with Crippen LogP contribution in [0.15, 0.2) is 135 Å². The third-order valence-electron chi connectivity index (χ3n) is 6.61. The molecule has 0 saturated heterocycles. The molecule has 0 fully saturated rings. The third kappa shape index (κ3) is 3.19. The smallest absolute Gasteiger partial charge is 0.0911 e. The van der Waals surface area contributed by atoms with Crippen LogP contribution in [0.2, 0.25) is 0 Å². The largest absolute Gasteiger partial charge is 0.247 e. The molecule has 2 aliphatic rings. The van der Waals surface area contributed by atoms with Gasteiger partial charge in [-0.25, -0.2) is 0 Å². The van der Waals surface area contributed by atoms with Crippen LogP contribution in [0, 0.1) is 0 Å². The topological polar surface area (TPSA) is 0 Å². The van der Waals surface area contributed by atoms with E-state index < -0.39 is 0 Å². The van der Waals surface area contributed by atoms with Crippen LogP contribution in [-0.4, -0.2) is 6.71 Å². The van der Waals surface area contributed by atoms with Crippen LogP contribution >= 0.6 is 23.5 Å². The molecule has 0 radical (unpaired) electrons. The highest BCUT2D eigenvalue weighted by atomic mass is 32.2. The summed E-state index contributed by atoms with van der Waals surface area (Å²) in [6.45, 7) is 0.260. The van der Waals surface area contributed by atoms with Crippen LogP contribution in [-0.2, 0) is 0 Å². The Labute approximate surface area is 203 Å². The van der Waals surface area contributed by atoms with Gasteiger partial charge >= 0.3 is 0 Å². The van der Waals surface area contributed by atoms with Gasteiger partial charge in [0.05, 0.1) is 0 Å². The van der Waals surface area contributed by atoms with Crippen molar-refractivity contribution >= 4 is 46.6 Å². The van der Waals surface area contributed by atoms with Crippen molar-refractivity contribution in [3.8, 4) is 22.3 Å². The van der Waals surface area contributed by atoms with E-state index in [1.165, 1.54) is 58.2 Å². The van der Waals surface area contributed by atoms with Crippen molar-refractivity contribution in [1.29, 1.82) is 0 Å². The standard InChI is InChI=1S/C30H19BS2/c1-3-8-20(9-4-1)22-14-16-26-24(18-22)31-25-19-23(21-10-5-2-6-11-21)15-17-27(25)33-29-13-7-12-28(32-26)30(29)31/h1-19H. The minimum absolute atomic E-state index is 0.260. The lowest BCUT2D eigenvalue weighted by Crippen LogP contribution is -2.58. The molecule has 7 rings (SSSR count). The van der Waals surface area contributed by atoms with Gasteiger partial charge in [0.2, 0.25) is 6.71 Å². The fourth-order valence-electron chi connectivity index (χ4n) is 5.06. The average Bonchev–Trinajstić information content (AvgIpc) is 2.89. The molecule has 0 atom stereocenters. The van der Waals surface area contributed by atoms with E-state index in [0.717, 1.165) is 0 Å². The average molecular weight is 454 g/mol. The van der Waals surface area contributed by atoms with Crippen molar-refractivity contribution in [2.75, 3.05) is 0 Å². The number of hydrogen-bond acceptors (Lipinski definition) is 2. The van der Waals surface area contributed by atoms with E-state index in [1.807, 2.05) is 23.5 Å². The van der Waals surface area contributed by atoms with Crippen molar-refractivity contribution in [2.24, 2.45) is 0 Å². The quantitative estimate of drug-likeness (QED) is 0.275. The molecule has 2 aliphatic heterocycles. The summed E-state index contributed by atoms with van der Waals surface area (Å²) in [7, 11) is 0. The highest BCUT2D eigenvalue weighted by Gasteiger charge is 2.38. The molecule has 154 valence electrons.